The molecular weight excluding hydrogens is 111 g/mol. The highest BCUT2D eigenvalue weighted by Crippen LogP contribution is 1.24. The molecule has 5 nitrogen and oxygen atoms in total. The fraction of sp³-hybridized carbons (Fsp3) is 0. The molecule has 0 atom stereocenters. The average molecular weight is 117 g/mol. The van der Waals surface area contributed by atoms with Crippen LogP contribution in [0.1, 0.15) is 0 Å². The maximum Gasteiger partial charge on any atom is 0.0695 e. The van der Waals surface area contributed by atoms with Crippen LogP contribution in [0.25, 0.3) is 0 Å². The van der Waals surface area contributed by atoms with Crippen LogP contribution in [0.3, 0.4) is 0 Å². The van der Waals surface area contributed by atoms with Gasteiger partial charge in [-0.25, -0.2) is 0 Å². The first kappa shape index (κ1) is 9.43. The minimum absolute atomic E-state index is 2.75. The van der Waals surface area contributed by atoms with E-state index in [2.05, 4.69) is 11.7 Å². The van der Waals surface area contributed by atoms with Crippen molar-refractivity contribution in [2.24, 2.45) is 5.84 Å². The summed E-state index contributed by atoms with van der Waals surface area (Å²) in [6.45, 7) is 0. The smallest absolute Gasteiger partial charge is 0.0695 e. The molecular formula is H5ClN2O3. The molecule has 0 aliphatic carbocycles. The molecule has 40 valence electrons. The molecule has 0 aromatic carbocycles. The number of hydrogen-bond donors (Lipinski definition) is 2. The number of halogens is 1. The fourth-order valence-electron chi connectivity index (χ4n) is 0. The Kier molecular flexibility index (Phi) is 14.0. The first-order valence-corrected chi connectivity index (χ1v) is 1.80. The molecule has 0 saturated carbocycles. The Bertz CT molecular complexity index is 13.5. The number of nitrogens with two attached hydrogens (primary N) is 1. The zero-order chi connectivity index (χ0) is 5.58. The van der Waals surface area contributed by atoms with Crippen LogP contribution >= 0.6 is 0 Å². The van der Waals surface area contributed by atoms with E-state index >= 15 is 0 Å². The standard InChI is InChI=1S/ClO3.H4N2/c2-1(3)4;1-2/h;1-2H2/q-1;/p+1. The summed E-state index contributed by atoms with van der Waals surface area (Å²) in [5, 5.41) is 0. The monoisotopic (exact) mass is 116 g/mol. The lowest BCUT2D eigenvalue weighted by Crippen LogP contribution is -2.59. The first-order chi connectivity index (χ1) is 2.73. The van der Waals surface area contributed by atoms with Crippen LogP contribution in [0.4, 0.5) is 0 Å². The quantitative estimate of drug-likeness (QED) is 0.242. The van der Waals surface area contributed by atoms with Crippen molar-refractivity contribution < 1.29 is 30.6 Å². The van der Waals surface area contributed by atoms with Gasteiger partial charge in [0.1, 0.15) is 0 Å². The van der Waals surface area contributed by atoms with Crippen molar-refractivity contribution in [2.45, 2.75) is 0 Å². The third kappa shape index (κ3) is 4820. The highest BCUT2D eigenvalue weighted by atomic mass is 35.6. The molecule has 6 heavy (non-hydrogen) atoms. The SMILES string of the molecule is N[NH3+].[O-][Cl+2]([O-])[O-]. The first-order valence-electron chi connectivity index (χ1n) is 0.871. The maximum atomic E-state index is 8.41. The van der Waals surface area contributed by atoms with Crippen molar-refractivity contribution in [1.82, 2.24) is 0 Å². The van der Waals surface area contributed by atoms with Gasteiger partial charge in [0, 0.05) is 0 Å². The van der Waals surface area contributed by atoms with Gasteiger partial charge in [0.15, 0.2) is 0 Å². The molecule has 0 unspecified atom stereocenters. The van der Waals surface area contributed by atoms with Crippen molar-refractivity contribution in [2.75, 3.05) is 0 Å². The molecule has 0 saturated heterocycles. The van der Waals surface area contributed by atoms with Gasteiger partial charge in [-0.15, -0.1) is 0 Å². The predicted octanol–water partition coefficient (Wildman–Crippen LogP) is -5.46. The second-order valence-corrected chi connectivity index (χ2v) is 0.567. The molecule has 0 aliphatic rings. The van der Waals surface area contributed by atoms with Crippen LogP contribution in [-0.4, -0.2) is 0 Å². The van der Waals surface area contributed by atoms with E-state index in [0.29, 0.717) is 0 Å². The Morgan fingerprint density at radius 2 is 1.17 bits per heavy atom. The zero-order valence-electron chi connectivity index (χ0n) is 2.89. The summed E-state index contributed by atoms with van der Waals surface area (Å²) in [6, 6.07) is 0. The van der Waals surface area contributed by atoms with E-state index in [1.165, 1.54) is 0 Å². The number of quaternary nitrogens is 1. The topological polar surface area (TPSA) is 123 Å². The van der Waals surface area contributed by atoms with Gasteiger partial charge in [0.25, 0.3) is 0 Å². The van der Waals surface area contributed by atoms with Gasteiger partial charge in [-0.1, -0.05) is 0 Å². The van der Waals surface area contributed by atoms with Crippen LogP contribution < -0.4 is 25.7 Å². The van der Waals surface area contributed by atoms with E-state index in [1.807, 2.05) is 0 Å². The largest absolute Gasteiger partial charge is 0.357 e. The molecule has 0 spiro atoms. The van der Waals surface area contributed by atoms with Crippen LogP contribution in [0.15, 0.2) is 0 Å². The highest BCUT2D eigenvalue weighted by Gasteiger charge is 1.60. The summed E-state index contributed by atoms with van der Waals surface area (Å²) in [7, 11) is -2.85. The van der Waals surface area contributed by atoms with Gasteiger partial charge in [0.2, 0.25) is 0 Å². The minimum Gasteiger partial charge on any atom is -0.357 e. The van der Waals surface area contributed by atoms with E-state index in [4.69, 9.17) is 14.0 Å². The lowest BCUT2D eigenvalue weighted by atomic mass is 13.0. The molecule has 0 aromatic rings. The summed E-state index contributed by atoms with van der Waals surface area (Å²) >= 11 is 0. The summed E-state index contributed by atoms with van der Waals surface area (Å²) in [6.07, 6.45) is 0. The van der Waals surface area contributed by atoms with E-state index in [-0.39, 0.29) is 0 Å². The Morgan fingerprint density at radius 1 is 1.17 bits per heavy atom. The lowest BCUT2D eigenvalue weighted by molar-refractivity contribution is -1.73. The van der Waals surface area contributed by atoms with Gasteiger partial charge < -0.3 is 14.0 Å². The normalized spacial score (nSPS) is 7.00. The Morgan fingerprint density at radius 3 is 1.17 bits per heavy atom. The van der Waals surface area contributed by atoms with E-state index in [9.17, 15) is 0 Å². The van der Waals surface area contributed by atoms with Gasteiger partial charge in [-0.2, -0.15) is 5.84 Å². The molecule has 5 N–H and O–H groups in total. The van der Waals surface area contributed by atoms with Gasteiger partial charge in [-0.05, 0) is 0 Å². The summed E-state index contributed by atoms with van der Waals surface area (Å²) in [5.41, 5.74) is 0. The van der Waals surface area contributed by atoms with E-state index in [0.717, 1.165) is 0 Å². The average Bonchev–Trinajstić information content (AvgIpc) is 1.41. The van der Waals surface area contributed by atoms with Gasteiger partial charge in [0.05, 0.1) is 10.8 Å². The van der Waals surface area contributed by atoms with Crippen molar-refractivity contribution in [3.05, 3.63) is 0 Å². The van der Waals surface area contributed by atoms with Crippen LogP contribution in [0, 0.1) is 10.8 Å². The second-order valence-electron chi connectivity index (χ2n) is 0.189. The van der Waals surface area contributed by atoms with Crippen LogP contribution in [-0.2, 0) is 0 Å². The molecule has 0 aromatic heterocycles. The zero-order valence-corrected chi connectivity index (χ0v) is 3.64. The summed E-state index contributed by atoms with van der Waals surface area (Å²) < 4.78 is 25.2. The molecule has 0 amide bonds. The van der Waals surface area contributed by atoms with Crippen LogP contribution in [0.2, 0.25) is 0 Å². The summed E-state index contributed by atoms with van der Waals surface area (Å²) in [5.74, 6) is 7.00. The molecule has 6 heteroatoms. The second kappa shape index (κ2) is 8.92. The highest BCUT2D eigenvalue weighted by molar-refractivity contribution is 2.64. The van der Waals surface area contributed by atoms with E-state index < -0.39 is 10.8 Å². The third-order valence-electron chi connectivity index (χ3n) is 0. The summed E-state index contributed by atoms with van der Waals surface area (Å²) in [4.78, 5) is 0. The Labute approximate surface area is 37.5 Å². The molecule has 0 rings (SSSR count). The van der Waals surface area contributed by atoms with Crippen molar-refractivity contribution in [3.63, 3.8) is 0 Å². The van der Waals surface area contributed by atoms with Gasteiger partial charge >= 0.3 is 0 Å². The fourth-order valence-corrected chi connectivity index (χ4v) is 0. The van der Waals surface area contributed by atoms with Crippen LogP contribution in [0.5, 0.6) is 0 Å². The third-order valence-corrected chi connectivity index (χ3v) is 0. The van der Waals surface area contributed by atoms with E-state index in [1.54, 1.807) is 0 Å². The van der Waals surface area contributed by atoms with Crippen molar-refractivity contribution in [3.8, 4) is 0 Å². The molecule has 0 fully saturated rings. The van der Waals surface area contributed by atoms with Crippen molar-refractivity contribution in [1.29, 1.82) is 0 Å². The minimum atomic E-state index is -2.85. The number of hydrogen-bond acceptors (Lipinski definition) is 4. The Balaban J connectivity index is 0. The molecule has 0 aliphatic heterocycles. The Hall–Kier alpha value is 0.0900. The lowest BCUT2D eigenvalue weighted by Gasteiger charge is -1.89. The van der Waals surface area contributed by atoms with Gasteiger partial charge in [-0.3, -0.25) is 5.84 Å². The predicted molar refractivity (Wildman–Crippen MR) is 7.08 cm³/mol. The van der Waals surface area contributed by atoms with Crippen molar-refractivity contribution >= 4 is 0 Å². The molecule has 0 radical (unpaired) electrons. The number of rotatable bonds is 0. The molecule has 0 bridgehead atoms. The molecule has 0 heterocycles. The maximum absolute atomic E-state index is 8.41.